The van der Waals surface area contributed by atoms with Gasteiger partial charge in [-0.05, 0) is 42.5 Å². The summed E-state index contributed by atoms with van der Waals surface area (Å²) in [6.45, 7) is 0.438. The van der Waals surface area contributed by atoms with E-state index in [-0.39, 0.29) is 10.6 Å². The van der Waals surface area contributed by atoms with Crippen molar-refractivity contribution in [2.24, 2.45) is 0 Å². The summed E-state index contributed by atoms with van der Waals surface area (Å²) in [7, 11) is 0. The lowest BCUT2D eigenvalue weighted by molar-refractivity contribution is 0.0697. The molecule has 0 amide bonds. The summed E-state index contributed by atoms with van der Waals surface area (Å²) in [6, 6.07) is 15.9. The van der Waals surface area contributed by atoms with Crippen LogP contribution in [0.15, 0.2) is 59.0 Å². The summed E-state index contributed by atoms with van der Waals surface area (Å²) >= 11 is 12.1. The zero-order chi connectivity index (χ0) is 17.1. The Hall–Kier alpha value is -2.43. The predicted molar refractivity (Wildman–Crippen MR) is 94.9 cm³/mol. The molecule has 0 bridgehead atoms. The number of anilines is 1. The van der Waals surface area contributed by atoms with Gasteiger partial charge >= 0.3 is 5.97 Å². The van der Waals surface area contributed by atoms with Gasteiger partial charge < -0.3 is 14.8 Å². The molecule has 24 heavy (non-hydrogen) atoms. The molecule has 0 fully saturated rings. The number of halogens is 2. The number of nitrogens with one attached hydrogen (secondary N) is 1. The first kappa shape index (κ1) is 16.4. The van der Waals surface area contributed by atoms with Gasteiger partial charge in [-0.1, -0.05) is 35.3 Å². The number of benzene rings is 2. The molecular weight excluding hydrogens is 349 g/mol. The maximum atomic E-state index is 10.9. The molecule has 0 atom stereocenters. The van der Waals surface area contributed by atoms with E-state index in [1.165, 1.54) is 6.07 Å². The van der Waals surface area contributed by atoms with Crippen molar-refractivity contribution >= 4 is 34.9 Å². The van der Waals surface area contributed by atoms with Gasteiger partial charge in [-0.2, -0.15) is 0 Å². The van der Waals surface area contributed by atoms with Crippen LogP contribution in [0.4, 0.5) is 5.69 Å². The Morgan fingerprint density at radius 2 is 1.83 bits per heavy atom. The van der Waals surface area contributed by atoms with Gasteiger partial charge in [0, 0.05) is 11.3 Å². The number of furan rings is 1. The smallest absolute Gasteiger partial charge is 0.337 e. The fraction of sp³-hybridized carbons (Fsp3) is 0.0556. The zero-order valence-corrected chi connectivity index (χ0v) is 13.9. The Balaban J connectivity index is 1.71. The quantitative estimate of drug-likeness (QED) is 0.623. The molecule has 3 aromatic rings. The highest BCUT2D eigenvalue weighted by atomic mass is 35.5. The number of carbonyl (C=O) groups is 1. The lowest BCUT2D eigenvalue weighted by Gasteiger charge is -2.06. The Morgan fingerprint density at radius 1 is 1.04 bits per heavy atom. The molecule has 0 unspecified atom stereocenters. The van der Waals surface area contributed by atoms with Crippen LogP contribution >= 0.6 is 23.2 Å². The molecule has 3 rings (SSSR count). The number of carboxylic acids is 1. The van der Waals surface area contributed by atoms with Crippen molar-refractivity contribution in [3.05, 3.63) is 76.0 Å². The average Bonchev–Trinajstić information content (AvgIpc) is 3.02. The molecule has 0 aliphatic rings. The summed E-state index contributed by atoms with van der Waals surface area (Å²) in [4.78, 5) is 10.9. The molecule has 1 aromatic heterocycles. The number of hydrogen-bond acceptors (Lipinski definition) is 3. The number of aromatic carboxylic acids is 1. The normalized spacial score (nSPS) is 10.6. The van der Waals surface area contributed by atoms with Crippen molar-refractivity contribution in [2.75, 3.05) is 5.32 Å². The highest BCUT2D eigenvalue weighted by Crippen LogP contribution is 2.29. The molecule has 1 heterocycles. The van der Waals surface area contributed by atoms with Gasteiger partial charge in [-0.25, -0.2) is 4.79 Å². The zero-order valence-electron chi connectivity index (χ0n) is 12.4. The second kappa shape index (κ2) is 6.99. The third kappa shape index (κ3) is 3.55. The third-order valence-corrected chi connectivity index (χ3v) is 4.11. The van der Waals surface area contributed by atoms with E-state index in [0.29, 0.717) is 23.0 Å². The number of carboxylic acid groups (broad SMARTS) is 1. The van der Waals surface area contributed by atoms with Gasteiger partial charge in [-0.3, -0.25) is 0 Å². The minimum absolute atomic E-state index is 0.0706. The topological polar surface area (TPSA) is 62.5 Å². The molecule has 4 nitrogen and oxygen atoms in total. The van der Waals surface area contributed by atoms with Gasteiger partial charge in [0.05, 0.1) is 22.2 Å². The Labute approximate surface area is 148 Å². The fourth-order valence-corrected chi connectivity index (χ4v) is 2.76. The van der Waals surface area contributed by atoms with Crippen molar-refractivity contribution in [1.82, 2.24) is 0 Å². The van der Waals surface area contributed by atoms with E-state index in [1.54, 1.807) is 12.1 Å². The van der Waals surface area contributed by atoms with Crippen LogP contribution in [0.2, 0.25) is 10.0 Å². The van der Waals surface area contributed by atoms with Crippen LogP contribution in [0.3, 0.4) is 0 Å². The minimum atomic E-state index is -1.05. The van der Waals surface area contributed by atoms with Gasteiger partial charge in [0.25, 0.3) is 0 Å². The van der Waals surface area contributed by atoms with Gasteiger partial charge in [0.2, 0.25) is 0 Å². The third-order valence-electron chi connectivity index (χ3n) is 3.47. The SMILES string of the molecule is O=C(O)c1ccc(NCc2ccc(-c3ccccc3Cl)o2)cc1Cl. The first-order chi connectivity index (χ1) is 11.5. The molecule has 0 aliphatic carbocycles. The van der Waals surface area contributed by atoms with E-state index in [1.807, 2.05) is 36.4 Å². The first-order valence-electron chi connectivity index (χ1n) is 7.15. The van der Waals surface area contributed by atoms with E-state index in [9.17, 15) is 4.79 Å². The summed E-state index contributed by atoms with van der Waals surface area (Å²) in [5, 5.41) is 12.9. The predicted octanol–water partition coefficient (Wildman–Crippen LogP) is 5.56. The Kier molecular flexibility index (Phi) is 4.79. The van der Waals surface area contributed by atoms with Crippen molar-refractivity contribution in [2.45, 2.75) is 6.54 Å². The second-order valence-electron chi connectivity index (χ2n) is 5.10. The molecule has 0 spiro atoms. The highest BCUT2D eigenvalue weighted by Gasteiger charge is 2.10. The first-order valence-corrected chi connectivity index (χ1v) is 7.90. The van der Waals surface area contributed by atoms with Crippen LogP contribution < -0.4 is 5.32 Å². The van der Waals surface area contributed by atoms with Crippen LogP contribution in [0.25, 0.3) is 11.3 Å². The standard InChI is InChI=1S/C18H13Cl2NO3/c19-15-4-2-1-3-13(15)17-8-6-12(24-17)10-21-11-5-7-14(18(22)23)16(20)9-11/h1-9,21H,10H2,(H,22,23). The molecule has 122 valence electrons. The summed E-state index contributed by atoms with van der Waals surface area (Å²) in [5.74, 6) is 0.363. The van der Waals surface area contributed by atoms with Crippen LogP contribution in [0.1, 0.15) is 16.1 Å². The molecular formula is C18H13Cl2NO3. The summed E-state index contributed by atoms with van der Waals surface area (Å²) in [5.41, 5.74) is 1.61. The van der Waals surface area contributed by atoms with E-state index in [4.69, 9.17) is 32.7 Å². The van der Waals surface area contributed by atoms with Gasteiger partial charge in [0.1, 0.15) is 11.5 Å². The van der Waals surface area contributed by atoms with Crippen molar-refractivity contribution in [3.8, 4) is 11.3 Å². The monoisotopic (exact) mass is 361 g/mol. The van der Waals surface area contributed by atoms with Crippen LogP contribution in [-0.4, -0.2) is 11.1 Å². The van der Waals surface area contributed by atoms with E-state index >= 15 is 0 Å². The van der Waals surface area contributed by atoms with E-state index in [0.717, 1.165) is 11.3 Å². The molecule has 0 radical (unpaired) electrons. The maximum Gasteiger partial charge on any atom is 0.337 e. The lowest BCUT2D eigenvalue weighted by Crippen LogP contribution is -2.01. The van der Waals surface area contributed by atoms with Gasteiger partial charge in [-0.15, -0.1) is 0 Å². The lowest BCUT2D eigenvalue weighted by atomic mass is 10.2. The molecule has 0 saturated heterocycles. The Morgan fingerprint density at radius 3 is 2.54 bits per heavy atom. The molecule has 2 N–H and O–H groups in total. The van der Waals surface area contributed by atoms with E-state index < -0.39 is 5.97 Å². The molecule has 2 aromatic carbocycles. The second-order valence-corrected chi connectivity index (χ2v) is 5.91. The molecule has 6 heteroatoms. The van der Waals surface area contributed by atoms with Crippen LogP contribution in [0, 0.1) is 0 Å². The van der Waals surface area contributed by atoms with Gasteiger partial charge in [0.15, 0.2) is 0 Å². The average molecular weight is 362 g/mol. The summed E-state index contributed by atoms with van der Waals surface area (Å²) in [6.07, 6.45) is 0. The van der Waals surface area contributed by atoms with Crippen molar-refractivity contribution in [3.63, 3.8) is 0 Å². The highest BCUT2D eigenvalue weighted by molar-refractivity contribution is 6.34. The van der Waals surface area contributed by atoms with E-state index in [2.05, 4.69) is 5.32 Å². The fourth-order valence-electron chi connectivity index (χ4n) is 2.27. The summed E-state index contributed by atoms with van der Waals surface area (Å²) < 4.78 is 5.79. The van der Waals surface area contributed by atoms with Crippen molar-refractivity contribution in [1.29, 1.82) is 0 Å². The van der Waals surface area contributed by atoms with Crippen LogP contribution in [0.5, 0.6) is 0 Å². The molecule has 0 aliphatic heterocycles. The number of hydrogen-bond donors (Lipinski definition) is 2. The van der Waals surface area contributed by atoms with Crippen molar-refractivity contribution < 1.29 is 14.3 Å². The Bertz CT molecular complexity index is 889. The largest absolute Gasteiger partial charge is 0.478 e. The maximum absolute atomic E-state index is 10.9. The van der Waals surface area contributed by atoms with Crippen LogP contribution in [-0.2, 0) is 6.54 Å². The minimum Gasteiger partial charge on any atom is -0.478 e. The molecule has 0 saturated carbocycles. The number of rotatable bonds is 5.